The van der Waals surface area contributed by atoms with Gasteiger partial charge in [0, 0.05) is 12.0 Å². The minimum Gasteiger partial charge on any atom is -0.465 e. The number of hydrogen-bond acceptors (Lipinski definition) is 7. The molecular weight excluding hydrogens is 410 g/mol. The molecule has 0 saturated heterocycles. The maximum absolute atomic E-state index is 13.7. The molecular formula is C20H27N3O6S. The predicted molar refractivity (Wildman–Crippen MR) is 110 cm³/mol. The lowest BCUT2D eigenvalue weighted by atomic mass is 9.93. The van der Waals surface area contributed by atoms with Crippen LogP contribution < -0.4 is 0 Å². The molecule has 164 valence electrons. The number of hydrogen-bond donors (Lipinski definition) is 0. The van der Waals surface area contributed by atoms with Crippen LogP contribution in [0, 0.1) is 15.5 Å². The van der Waals surface area contributed by atoms with E-state index in [1.807, 2.05) is 20.8 Å². The van der Waals surface area contributed by atoms with Crippen LogP contribution in [-0.2, 0) is 26.5 Å². The molecule has 0 spiro atoms. The second-order valence-corrected chi connectivity index (χ2v) is 11.0. The van der Waals surface area contributed by atoms with E-state index in [1.165, 1.54) is 28.8 Å². The van der Waals surface area contributed by atoms with Crippen molar-refractivity contribution in [1.82, 2.24) is 9.55 Å². The largest absolute Gasteiger partial charge is 0.465 e. The second kappa shape index (κ2) is 7.82. The smallest absolute Gasteiger partial charge is 0.401 e. The molecule has 0 N–H and O–H groups in total. The normalized spacial score (nSPS) is 12.6. The highest BCUT2D eigenvalue weighted by Gasteiger charge is 2.43. The molecule has 1 heterocycles. The van der Waals surface area contributed by atoms with Gasteiger partial charge in [0.1, 0.15) is 0 Å². The van der Waals surface area contributed by atoms with Gasteiger partial charge in [0.2, 0.25) is 20.7 Å². The summed E-state index contributed by atoms with van der Waals surface area (Å²) in [4.78, 5) is 26.9. The maximum Gasteiger partial charge on any atom is 0.401 e. The van der Waals surface area contributed by atoms with Gasteiger partial charge in [-0.3, -0.25) is 4.57 Å². The van der Waals surface area contributed by atoms with Gasteiger partial charge in [0.25, 0.3) is 0 Å². The highest BCUT2D eigenvalue weighted by Crippen LogP contribution is 2.37. The number of carbonyl (C=O) groups excluding carboxylic acids is 1. The molecule has 0 aliphatic heterocycles. The van der Waals surface area contributed by atoms with Gasteiger partial charge in [-0.2, -0.15) is 0 Å². The standard InChI is InChI=1S/C20H27N3O6S/c1-19(2,3)12-22-16(15(23(25)26)21-18(22)20(4,5)6)30(27,28)14-11-9-8-10-13(14)17(24)29-7/h8-11H,12H2,1-7H3. The summed E-state index contributed by atoms with van der Waals surface area (Å²) < 4.78 is 33.4. The summed E-state index contributed by atoms with van der Waals surface area (Å²) in [6, 6.07) is 5.48. The summed E-state index contributed by atoms with van der Waals surface area (Å²) >= 11 is 0. The van der Waals surface area contributed by atoms with Gasteiger partial charge in [-0.15, -0.1) is 0 Å². The third kappa shape index (κ3) is 4.53. The fourth-order valence-electron chi connectivity index (χ4n) is 3.09. The van der Waals surface area contributed by atoms with Crippen molar-refractivity contribution in [3.63, 3.8) is 0 Å². The molecule has 0 atom stereocenters. The van der Waals surface area contributed by atoms with E-state index in [0.717, 1.165) is 7.11 Å². The number of sulfone groups is 1. The summed E-state index contributed by atoms with van der Waals surface area (Å²) in [5, 5.41) is 11.3. The summed E-state index contributed by atoms with van der Waals surface area (Å²) in [5.74, 6) is -1.34. The van der Waals surface area contributed by atoms with Gasteiger partial charge >= 0.3 is 11.8 Å². The molecule has 0 unspecified atom stereocenters. The van der Waals surface area contributed by atoms with Crippen molar-refractivity contribution in [3.8, 4) is 0 Å². The number of ether oxygens (including phenoxy) is 1. The van der Waals surface area contributed by atoms with Crippen LogP contribution in [0.15, 0.2) is 34.2 Å². The van der Waals surface area contributed by atoms with Crippen molar-refractivity contribution in [3.05, 3.63) is 45.8 Å². The quantitative estimate of drug-likeness (QED) is 0.396. The Labute approximate surface area is 176 Å². The first kappa shape index (κ1) is 23.5. The van der Waals surface area contributed by atoms with Crippen molar-refractivity contribution < 1.29 is 22.9 Å². The Hall–Kier alpha value is -2.75. The van der Waals surface area contributed by atoms with Gasteiger partial charge in [0.15, 0.2) is 0 Å². The number of nitro groups is 1. The number of nitrogens with zero attached hydrogens (tertiary/aromatic N) is 3. The van der Waals surface area contributed by atoms with Crippen molar-refractivity contribution in [1.29, 1.82) is 0 Å². The van der Waals surface area contributed by atoms with E-state index in [-0.39, 0.29) is 22.8 Å². The molecule has 0 fully saturated rings. The minimum absolute atomic E-state index is 0.176. The van der Waals surface area contributed by atoms with Gasteiger partial charge in [-0.25, -0.2) is 13.2 Å². The third-order valence-corrected chi connectivity index (χ3v) is 6.06. The van der Waals surface area contributed by atoms with Crippen molar-refractivity contribution in [2.24, 2.45) is 5.41 Å². The summed E-state index contributed by atoms with van der Waals surface area (Å²) in [7, 11) is -3.35. The van der Waals surface area contributed by atoms with E-state index < -0.39 is 42.4 Å². The molecule has 0 aliphatic carbocycles. The van der Waals surface area contributed by atoms with E-state index in [2.05, 4.69) is 4.98 Å². The van der Waals surface area contributed by atoms with Crippen molar-refractivity contribution in [2.75, 3.05) is 7.11 Å². The fourth-order valence-corrected chi connectivity index (χ4v) is 4.80. The molecule has 0 radical (unpaired) electrons. The van der Waals surface area contributed by atoms with Gasteiger partial charge < -0.3 is 14.9 Å². The number of carbonyl (C=O) groups is 1. The monoisotopic (exact) mass is 437 g/mol. The van der Waals surface area contributed by atoms with Crippen LogP contribution >= 0.6 is 0 Å². The lowest BCUT2D eigenvalue weighted by Gasteiger charge is -2.24. The number of aromatic nitrogens is 2. The van der Waals surface area contributed by atoms with Gasteiger partial charge in [-0.05, 0) is 27.5 Å². The Bertz CT molecular complexity index is 1090. The van der Waals surface area contributed by atoms with E-state index in [4.69, 9.17) is 4.74 Å². The van der Waals surface area contributed by atoms with E-state index in [9.17, 15) is 23.3 Å². The van der Waals surface area contributed by atoms with Crippen LogP contribution in [0.4, 0.5) is 5.82 Å². The highest BCUT2D eigenvalue weighted by atomic mass is 32.2. The van der Waals surface area contributed by atoms with Gasteiger partial charge in [-0.1, -0.05) is 53.7 Å². The lowest BCUT2D eigenvalue weighted by Crippen LogP contribution is -2.26. The number of rotatable bonds is 5. The average Bonchev–Trinajstić information content (AvgIpc) is 2.99. The zero-order chi connectivity index (χ0) is 23.1. The second-order valence-electron chi connectivity index (χ2n) is 9.21. The Kier molecular flexibility index (Phi) is 6.14. The molecule has 2 aromatic rings. The molecule has 1 aromatic heterocycles. The molecule has 0 aliphatic rings. The Morgan fingerprint density at radius 3 is 2.20 bits per heavy atom. The van der Waals surface area contributed by atoms with E-state index >= 15 is 0 Å². The summed E-state index contributed by atoms with van der Waals surface area (Å²) in [5.41, 5.74) is -1.26. The van der Waals surface area contributed by atoms with Crippen LogP contribution in [0.5, 0.6) is 0 Å². The minimum atomic E-state index is -4.48. The fraction of sp³-hybridized carbons (Fsp3) is 0.500. The van der Waals surface area contributed by atoms with Crippen molar-refractivity contribution in [2.45, 2.75) is 63.4 Å². The average molecular weight is 438 g/mol. The molecule has 2 rings (SSSR count). The van der Waals surface area contributed by atoms with Crippen molar-refractivity contribution >= 4 is 21.6 Å². The molecule has 9 nitrogen and oxygen atoms in total. The SMILES string of the molecule is COC(=O)c1ccccc1S(=O)(=O)c1c([N+](=O)[O-])nc(C(C)(C)C)n1CC(C)(C)C. The number of methoxy groups -OCH3 is 1. The Morgan fingerprint density at radius 1 is 1.17 bits per heavy atom. The first-order valence-corrected chi connectivity index (χ1v) is 10.8. The van der Waals surface area contributed by atoms with Crippen LogP contribution in [0.1, 0.15) is 57.7 Å². The molecule has 10 heteroatoms. The Morgan fingerprint density at radius 2 is 1.73 bits per heavy atom. The topological polar surface area (TPSA) is 121 Å². The van der Waals surface area contributed by atoms with E-state index in [1.54, 1.807) is 20.8 Å². The molecule has 0 saturated carbocycles. The zero-order valence-corrected chi connectivity index (χ0v) is 19.0. The highest BCUT2D eigenvalue weighted by molar-refractivity contribution is 7.91. The molecule has 0 bridgehead atoms. The number of benzene rings is 1. The third-order valence-electron chi connectivity index (χ3n) is 4.22. The summed E-state index contributed by atoms with van der Waals surface area (Å²) in [6.45, 7) is 11.3. The molecule has 1 aromatic carbocycles. The maximum atomic E-state index is 13.7. The zero-order valence-electron chi connectivity index (χ0n) is 18.2. The predicted octanol–water partition coefficient (Wildman–Crippen LogP) is 3.75. The molecule has 30 heavy (non-hydrogen) atoms. The van der Waals surface area contributed by atoms with Crippen LogP contribution in [0.2, 0.25) is 0 Å². The number of imidazole rings is 1. The first-order chi connectivity index (χ1) is 13.6. The number of esters is 1. The molecule has 0 amide bonds. The Balaban J connectivity index is 2.98. The first-order valence-electron chi connectivity index (χ1n) is 9.29. The van der Waals surface area contributed by atoms with E-state index in [0.29, 0.717) is 0 Å². The van der Waals surface area contributed by atoms with Gasteiger partial charge in [0.05, 0.1) is 17.6 Å². The lowest BCUT2D eigenvalue weighted by molar-refractivity contribution is -0.392. The van der Waals surface area contributed by atoms with Crippen LogP contribution in [0.25, 0.3) is 0 Å². The summed E-state index contributed by atoms with van der Waals surface area (Å²) in [6.07, 6.45) is 0. The van der Waals surface area contributed by atoms with Crippen LogP contribution in [0.3, 0.4) is 0 Å². The van der Waals surface area contributed by atoms with Crippen LogP contribution in [-0.4, -0.2) is 36.0 Å².